The lowest BCUT2D eigenvalue weighted by Crippen LogP contribution is -2.10. The van der Waals surface area contributed by atoms with Gasteiger partial charge in [0, 0.05) is 43.3 Å². The largest absolute Gasteiger partial charge is 0.481 e. The van der Waals surface area contributed by atoms with Gasteiger partial charge in [-0.15, -0.1) is 0 Å². The van der Waals surface area contributed by atoms with Crippen molar-refractivity contribution in [2.45, 2.75) is 25.8 Å². The summed E-state index contributed by atoms with van der Waals surface area (Å²) in [5.74, 6) is 0.567. The number of aryl methyl sites for hydroxylation is 3. The first-order chi connectivity index (χ1) is 19.0. The minimum absolute atomic E-state index is 0.00634. The fourth-order valence-corrected chi connectivity index (χ4v) is 4.81. The van der Waals surface area contributed by atoms with Gasteiger partial charge in [-0.25, -0.2) is 0 Å². The predicted molar refractivity (Wildman–Crippen MR) is 151 cm³/mol. The first-order valence-electron chi connectivity index (χ1n) is 12.9. The number of ether oxygens (including phenoxy) is 1. The summed E-state index contributed by atoms with van der Waals surface area (Å²) in [5, 5.41) is 9.27. The monoisotopic (exact) mass is 518 g/mol. The molecule has 3 aromatic carbocycles. The molecule has 0 saturated heterocycles. The van der Waals surface area contributed by atoms with Crippen LogP contribution in [0.1, 0.15) is 33.6 Å². The molecule has 2 aromatic heterocycles. The van der Waals surface area contributed by atoms with Crippen LogP contribution in [-0.2, 0) is 31.2 Å². The van der Waals surface area contributed by atoms with E-state index in [0.717, 1.165) is 35.3 Å². The molecule has 5 aromatic rings. The average Bonchev–Trinajstić information content (AvgIpc) is 3.55. The Bertz CT molecular complexity index is 1580. The van der Waals surface area contributed by atoms with E-state index in [1.807, 2.05) is 102 Å². The molecule has 0 aliphatic heterocycles. The number of carbonyl (C=O) groups excluding carboxylic acids is 1. The van der Waals surface area contributed by atoms with Gasteiger partial charge < -0.3 is 19.0 Å². The summed E-state index contributed by atoms with van der Waals surface area (Å²) in [4.78, 5) is 24.5. The molecule has 5 rings (SSSR count). The zero-order valence-corrected chi connectivity index (χ0v) is 21.8. The van der Waals surface area contributed by atoms with Crippen molar-refractivity contribution < 1.29 is 19.4 Å². The number of hydrogen-bond acceptors (Lipinski definition) is 3. The number of nitrogens with zero attached hydrogens (tertiary/aromatic N) is 2. The van der Waals surface area contributed by atoms with Crippen molar-refractivity contribution >= 4 is 11.8 Å². The Balaban J connectivity index is 1.22. The van der Waals surface area contributed by atoms with Crippen molar-refractivity contribution in [3.63, 3.8) is 0 Å². The topological polar surface area (TPSA) is 73.5 Å². The fraction of sp³-hybridized carbons (Fsp3) is 0.152. The lowest BCUT2D eigenvalue weighted by molar-refractivity contribution is -0.136. The van der Waals surface area contributed by atoms with Gasteiger partial charge in [-0.05, 0) is 78.1 Å². The maximum Gasteiger partial charge on any atom is 0.307 e. The van der Waals surface area contributed by atoms with Gasteiger partial charge in [-0.1, -0.05) is 42.5 Å². The van der Waals surface area contributed by atoms with E-state index in [1.54, 1.807) is 12.1 Å². The lowest BCUT2D eigenvalue weighted by atomic mass is 9.99. The van der Waals surface area contributed by atoms with Crippen LogP contribution in [-0.4, -0.2) is 26.0 Å². The summed E-state index contributed by atoms with van der Waals surface area (Å²) in [7, 11) is 1.90. The Morgan fingerprint density at radius 2 is 1.62 bits per heavy atom. The Morgan fingerprint density at radius 1 is 0.846 bits per heavy atom. The fourth-order valence-electron chi connectivity index (χ4n) is 4.81. The minimum Gasteiger partial charge on any atom is -0.481 e. The molecular formula is C33H30N2O4. The van der Waals surface area contributed by atoms with Crippen LogP contribution in [0, 0.1) is 0 Å². The van der Waals surface area contributed by atoms with Crippen molar-refractivity contribution in [3.8, 4) is 22.6 Å². The minimum atomic E-state index is -0.841. The summed E-state index contributed by atoms with van der Waals surface area (Å²) in [6, 6.07) is 28.8. The van der Waals surface area contributed by atoms with Crippen LogP contribution in [0.5, 0.6) is 11.5 Å². The van der Waals surface area contributed by atoms with Gasteiger partial charge in [-0.2, -0.15) is 0 Å². The van der Waals surface area contributed by atoms with E-state index in [9.17, 15) is 14.7 Å². The van der Waals surface area contributed by atoms with Crippen LogP contribution in [0.25, 0.3) is 11.1 Å². The average molecular weight is 519 g/mol. The van der Waals surface area contributed by atoms with Crippen molar-refractivity contribution in [1.82, 2.24) is 9.13 Å². The van der Waals surface area contributed by atoms with E-state index < -0.39 is 5.97 Å². The molecule has 0 amide bonds. The van der Waals surface area contributed by atoms with E-state index in [4.69, 9.17) is 4.74 Å². The Morgan fingerprint density at radius 3 is 2.38 bits per heavy atom. The maximum absolute atomic E-state index is 13.2. The van der Waals surface area contributed by atoms with Crippen molar-refractivity contribution in [3.05, 3.63) is 132 Å². The first-order valence-corrected chi connectivity index (χ1v) is 12.9. The van der Waals surface area contributed by atoms with Crippen LogP contribution in [0.2, 0.25) is 0 Å². The smallest absolute Gasteiger partial charge is 0.307 e. The van der Waals surface area contributed by atoms with Crippen LogP contribution in [0.3, 0.4) is 0 Å². The molecule has 0 bridgehead atoms. The standard InChI is InChI=1S/C33H30N2O4/c1-34-22-27(21-32(36)37)30(23-34)26-10-5-8-24(20-26)9-6-18-35-19-7-13-31(35)33(38)25-14-16-29(17-15-25)39-28-11-3-2-4-12-28/h2-5,7-8,10-17,19-20,22-23H,6,9,18,21H2,1H3,(H,36,37). The summed E-state index contributed by atoms with van der Waals surface area (Å²) >= 11 is 0. The molecule has 0 fully saturated rings. The van der Waals surface area contributed by atoms with Crippen LogP contribution >= 0.6 is 0 Å². The molecule has 6 nitrogen and oxygen atoms in total. The number of aromatic nitrogens is 2. The first kappa shape index (κ1) is 25.8. The Kier molecular flexibility index (Phi) is 7.73. The molecule has 1 N–H and O–H groups in total. The highest BCUT2D eigenvalue weighted by molar-refractivity contribution is 6.08. The summed E-state index contributed by atoms with van der Waals surface area (Å²) in [6.45, 7) is 0.711. The number of para-hydroxylation sites is 1. The van der Waals surface area contributed by atoms with Gasteiger partial charge >= 0.3 is 5.97 Å². The zero-order chi connectivity index (χ0) is 27.2. The van der Waals surface area contributed by atoms with E-state index in [0.29, 0.717) is 23.6 Å². The maximum atomic E-state index is 13.2. The van der Waals surface area contributed by atoms with Gasteiger partial charge in [0.15, 0.2) is 0 Å². The van der Waals surface area contributed by atoms with E-state index in [1.165, 1.54) is 5.56 Å². The molecule has 0 atom stereocenters. The molecule has 196 valence electrons. The SMILES string of the molecule is Cn1cc(CC(=O)O)c(-c2cccc(CCCn3cccc3C(=O)c3ccc(Oc4ccccc4)cc3)c2)c1. The van der Waals surface area contributed by atoms with Crippen molar-refractivity contribution in [1.29, 1.82) is 0 Å². The molecule has 39 heavy (non-hydrogen) atoms. The lowest BCUT2D eigenvalue weighted by Gasteiger charge is -2.10. The number of carboxylic acid groups (broad SMARTS) is 1. The van der Waals surface area contributed by atoms with Crippen LogP contribution < -0.4 is 4.74 Å². The van der Waals surface area contributed by atoms with Gasteiger partial charge in [0.2, 0.25) is 5.78 Å². The number of aliphatic carboxylic acids is 1. The van der Waals surface area contributed by atoms with Gasteiger partial charge in [0.1, 0.15) is 11.5 Å². The zero-order valence-electron chi connectivity index (χ0n) is 21.8. The number of rotatable bonds is 11. The molecule has 0 radical (unpaired) electrons. The van der Waals surface area contributed by atoms with E-state index in [-0.39, 0.29) is 12.2 Å². The highest BCUT2D eigenvalue weighted by Gasteiger charge is 2.14. The number of ketones is 1. The summed E-state index contributed by atoms with van der Waals surface area (Å²) in [6.07, 6.45) is 7.47. The third kappa shape index (κ3) is 6.36. The molecule has 0 saturated carbocycles. The van der Waals surface area contributed by atoms with Crippen LogP contribution in [0.4, 0.5) is 0 Å². The molecule has 0 aliphatic rings. The summed E-state index contributed by atoms with van der Waals surface area (Å²) < 4.78 is 9.74. The number of carbonyl (C=O) groups is 2. The van der Waals surface area contributed by atoms with Gasteiger partial charge in [0.05, 0.1) is 12.1 Å². The number of carboxylic acids is 1. The number of benzene rings is 3. The molecule has 0 unspecified atom stereocenters. The van der Waals surface area contributed by atoms with Crippen molar-refractivity contribution in [2.75, 3.05) is 0 Å². The van der Waals surface area contributed by atoms with Crippen molar-refractivity contribution in [2.24, 2.45) is 7.05 Å². The Hall–Kier alpha value is -4.84. The van der Waals surface area contributed by atoms with E-state index in [2.05, 4.69) is 12.1 Å². The summed E-state index contributed by atoms with van der Waals surface area (Å²) in [5.41, 5.74) is 5.20. The van der Waals surface area contributed by atoms with E-state index >= 15 is 0 Å². The second kappa shape index (κ2) is 11.7. The predicted octanol–water partition coefficient (Wildman–Crippen LogP) is 6.78. The second-order valence-electron chi connectivity index (χ2n) is 9.59. The van der Waals surface area contributed by atoms with Gasteiger partial charge in [-0.3, -0.25) is 9.59 Å². The molecule has 2 heterocycles. The molecule has 0 spiro atoms. The van der Waals surface area contributed by atoms with Crippen LogP contribution in [0.15, 0.2) is 110 Å². The second-order valence-corrected chi connectivity index (χ2v) is 9.59. The quantitative estimate of drug-likeness (QED) is 0.196. The highest BCUT2D eigenvalue weighted by Crippen LogP contribution is 2.27. The Labute approximate surface area is 227 Å². The molecular weight excluding hydrogens is 488 g/mol. The van der Waals surface area contributed by atoms with Gasteiger partial charge in [0.25, 0.3) is 0 Å². The third-order valence-corrected chi connectivity index (χ3v) is 6.64. The molecule has 6 heteroatoms. The number of hydrogen-bond donors (Lipinski definition) is 1. The molecule has 0 aliphatic carbocycles. The normalized spacial score (nSPS) is 10.9. The highest BCUT2D eigenvalue weighted by atomic mass is 16.5. The third-order valence-electron chi connectivity index (χ3n) is 6.64.